The van der Waals surface area contributed by atoms with Crippen LogP contribution in [0.1, 0.15) is 0 Å². The van der Waals surface area contributed by atoms with E-state index < -0.39 is 0 Å². The van der Waals surface area contributed by atoms with Crippen molar-refractivity contribution in [3.8, 4) is 62.2 Å². The van der Waals surface area contributed by atoms with Gasteiger partial charge in [-0.25, -0.2) is 19.6 Å². The third-order valence-electron chi connectivity index (χ3n) is 10.8. The Hall–Kier alpha value is -7.76. The Morgan fingerprint density at radius 2 is 0.807 bits per heavy atom. The van der Waals surface area contributed by atoms with Crippen molar-refractivity contribution in [2.45, 2.75) is 0 Å². The highest BCUT2D eigenvalue weighted by molar-refractivity contribution is 6.17. The Labute approximate surface area is 329 Å². The lowest BCUT2D eigenvalue weighted by Gasteiger charge is -2.13. The highest BCUT2D eigenvalue weighted by Gasteiger charge is 2.22. The minimum absolute atomic E-state index is 0.619. The van der Waals surface area contributed by atoms with Crippen LogP contribution >= 0.6 is 0 Å². The van der Waals surface area contributed by atoms with Crippen LogP contribution in [0.4, 0.5) is 0 Å². The third-order valence-corrected chi connectivity index (χ3v) is 10.8. The topological polar surface area (TPSA) is 56.5 Å². The first kappa shape index (κ1) is 32.7. The van der Waals surface area contributed by atoms with Crippen molar-refractivity contribution in [1.29, 1.82) is 0 Å². The molecule has 11 rings (SSSR count). The number of rotatable bonds is 6. The molecule has 5 heteroatoms. The van der Waals surface area contributed by atoms with Gasteiger partial charge in [0.1, 0.15) is 5.69 Å². The van der Waals surface area contributed by atoms with Crippen molar-refractivity contribution in [2.75, 3.05) is 0 Å². The van der Waals surface area contributed by atoms with Crippen LogP contribution in [-0.4, -0.2) is 24.7 Å². The van der Waals surface area contributed by atoms with Crippen LogP contribution in [0, 0.1) is 0 Å². The molecular formula is C52H33N5. The van der Waals surface area contributed by atoms with Gasteiger partial charge in [-0.05, 0) is 62.3 Å². The summed E-state index contributed by atoms with van der Waals surface area (Å²) in [6.45, 7) is 0. The molecule has 0 aliphatic heterocycles. The highest BCUT2D eigenvalue weighted by Crippen LogP contribution is 2.42. The maximum absolute atomic E-state index is 5.34. The second-order valence-electron chi connectivity index (χ2n) is 14.3. The number of fused-ring (bicyclic) bond motifs is 6. The molecule has 11 aromatic rings. The molecule has 266 valence electrons. The summed E-state index contributed by atoms with van der Waals surface area (Å²) < 4.78 is 2.10. The molecule has 0 saturated heterocycles. The minimum Gasteiger partial charge on any atom is -0.232 e. The van der Waals surface area contributed by atoms with E-state index in [1.165, 1.54) is 10.8 Å². The molecule has 0 aliphatic rings. The standard InChI is InChI=1S/C52H33N5/c1-4-16-35(17-5-1)48-47-45(32-39-21-11-13-25-42(39)49(47)57(56-48)40-22-8-3-9-23-40)34-28-30-37(31-29-34)51-53-50(36-18-6-2-7-19-36)54-52(55-51)46-33-38-20-10-12-24-41(38)43-26-14-15-27-44(43)46/h1-33H. The molecule has 0 fully saturated rings. The van der Waals surface area contributed by atoms with E-state index in [1.807, 2.05) is 30.3 Å². The van der Waals surface area contributed by atoms with Crippen LogP contribution in [-0.2, 0) is 0 Å². The van der Waals surface area contributed by atoms with E-state index in [1.54, 1.807) is 0 Å². The van der Waals surface area contributed by atoms with Gasteiger partial charge in [-0.15, -0.1) is 0 Å². The first-order chi connectivity index (χ1) is 28.3. The normalized spacial score (nSPS) is 11.5. The third kappa shape index (κ3) is 5.64. The largest absolute Gasteiger partial charge is 0.232 e. The van der Waals surface area contributed by atoms with Gasteiger partial charge in [-0.3, -0.25) is 0 Å². The summed E-state index contributed by atoms with van der Waals surface area (Å²) in [7, 11) is 0. The fourth-order valence-electron chi connectivity index (χ4n) is 8.15. The van der Waals surface area contributed by atoms with Crippen molar-refractivity contribution in [3.05, 3.63) is 200 Å². The molecule has 0 atom stereocenters. The molecule has 0 saturated carbocycles. The minimum atomic E-state index is 0.619. The van der Waals surface area contributed by atoms with Crippen LogP contribution in [0.5, 0.6) is 0 Å². The molecule has 2 aromatic heterocycles. The SMILES string of the molecule is c1ccc(-c2nc(-c3ccc(-c4cc5ccccc5c5c4c(-c4ccccc4)nn5-c4ccccc4)cc3)nc(-c3cc4ccccc4c4ccccc34)n2)cc1. The first-order valence-corrected chi connectivity index (χ1v) is 19.2. The zero-order valence-corrected chi connectivity index (χ0v) is 30.8. The smallest absolute Gasteiger partial charge is 0.164 e. The summed E-state index contributed by atoms with van der Waals surface area (Å²) >= 11 is 0. The van der Waals surface area contributed by atoms with Gasteiger partial charge in [0, 0.05) is 33.0 Å². The van der Waals surface area contributed by atoms with Crippen LogP contribution in [0.15, 0.2) is 200 Å². The zero-order chi connectivity index (χ0) is 37.7. The van der Waals surface area contributed by atoms with Gasteiger partial charge in [0.05, 0.1) is 11.2 Å². The average molecular weight is 728 g/mol. The number of hydrogen-bond donors (Lipinski definition) is 0. The van der Waals surface area contributed by atoms with Crippen LogP contribution in [0.2, 0.25) is 0 Å². The van der Waals surface area contributed by atoms with Crippen molar-refractivity contribution in [1.82, 2.24) is 24.7 Å². The molecule has 0 radical (unpaired) electrons. The lowest BCUT2D eigenvalue weighted by atomic mass is 9.93. The van der Waals surface area contributed by atoms with Gasteiger partial charge in [0.2, 0.25) is 0 Å². The maximum atomic E-state index is 5.34. The van der Waals surface area contributed by atoms with Gasteiger partial charge in [-0.2, -0.15) is 5.10 Å². The number of benzene rings is 9. The van der Waals surface area contributed by atoms with Crippen molar-refractivity contribution in [3.63, 3.8) is 0 Å². The van der Waals surface area contributed by atoms with E-state index in [-0.39, 0.29) is 0 Å². The number of nitrogens with zero attached hydrogens (tertiary/aromatic N) is 5. The van der Waals surface area contributed by atoms with Gasteiger partial charge in [0.25, 0.3) is 0 Å². The van der Waals surface area contributed by atoms with Gasteiger partial charge >= 0.3 is 0 Å². The molecule has 0 unspecified atom stereocenters. The second-order valence-corrected chi connectivity index (χ2v) is 14.3. The predicted octanol–water partition coefficient (Wildman–Crippen LogP) is 13.0. The molecule has 0 aliphatic carbocycles. The molecule has 57 heavy (non-hydrogen) atoms. The Kier molecular flexibility index (Phi) is 7.74. The zero-order valence-electron chi connectivity index (χ0n) is 30.8. The summed E-state index contributed by atoms with van der Waals surface area (Å²) in [6, 6.07) is 69.8. The molecular weight excluding hydrogens is 695 g/mol. The van der Waals surface area contributed by atoms with Crippen LogP contribution in [0.3, 0.4) is 0 Å². The average Bonchev–Trinajstić information content (AvgIpc) is 3.71. The molecule has 0 N–H and O–H groups in total. The molecule has 0 bridgehead atoms. The first-order valence-electron chi connectivity index (χ1n) is 19.2. The summed E-state index contributed by atoms with van der Waals surface area (Å²) in [5.74, 6) is 1.89. The maximum Gasteiger partial charge on any atom is 0.164 e. The highest BCUT2D eigenvalue weighted by atomic mass is 15.3. The molecule has 2 heterocycles. The number of aromatic nitrogens is 5. The van der Waals surface area contributed by atoms with E-state index >= 15 is 0 Å². The van der Waals surface area contributed by atoms with Crippen molar-refractivity contribution < 1.29 is 0 Å². The summed E-state index contributed by atoms with van der Waals surface area (Å²) in [5.41, 5.74) is 9.11. The quantitative estimate of drug-likeness (QED) is 0.160. The van der Waals surface area contributed by atoms with E-state index in [2.05, 4.69) is 175 Å². The van der Waals surface area contributed by atoms with E-state index in [9.17, 15) is 0 Å². The van der Waals surface area contributed by atoms with Crippen molar-refractivity contribution >= 4 is 43.2 Å². The molecule has 0 spiro atoms. The van der Waals surface area contributed by atoms with E-state index in [0.29, 0.717) is 17.5 Å². The summed E-state index contributed by atoms with van der Waals surface area (Å²) in [4.78, 5) is 15.4. The van der Waals surface area contributed by atoms with Crippen LogP contribution < -0.4 is 0 Å². The Balaban J connectivity index is 1.11. The van der Waals surface area contributed by atoms with Gasteiger partial charge in [0.15, 0.2) is 17.5 Å². The monoisotopic (exact) mass is 727 g/mol. The lowest BCUT2D eigenvalue weighted by Crippen LogP contribution is -2.00. The molecule has 5 nitrogen and oxygen atoms in total. The summed E-state index contributed by atoms with van der Waals surface area (Å²) in [6.07, 6.45) is 0. The van der Waals surface area contributed by atoms with Gasteiger partial charge < -0.3 is 0 Å². The molecule has 9 aromatic carbocycles. The summed E-state index contributed by atoms with van der Waals surface area (Å²) in [5, 5.41) is 13.4. The fourth-order valence-corrected chi connectivity index (χ4v) is 8.15. The second kappa shape index (κ2) is 13.5. The lowest BCUT2D eigenvalue weighted by molar-refractivity contribution is 0.918. The van der Waals surface area contributed by atoms with Gasteiger partial charge in [-0.1, -0.05) is 176 Å². The number of hydrogen-bond acceptors (Lipinski definition) is 4. The Morgan fingerprint density at radius 1 is 0.333 bits per heavy atom. The fraction of sp³-hybridized carbons (Fsp3) is 0. The van der Waals surface area contributed by atoms with E-state index in [4.69, 9.17) is 20.1 Å². The van der Waals surface area contributed by atoms with Crippen LogP contribution in [0.25, 0.3) is 105 Å². The Bertz CT molecular complexity index is 3270. The molecule has 0 amide bonds. The predicted molar refractivity (Wildman–Crippen MR) is 234 cm³/mol. The van der Waals surface area contributed by atoms with E-state index in [0.717, 1.165) is 77.2 Å². The number of para-hydroxylation sites is 1. The van der Waals surface area contributed by atoms with Crippen molar-refractivity contribution in [2.24, 2.45) is 0 Å². The Morgan fingerprint density at radius 3 is 1.49 bits per heavy atom.